The zero-order valence-corrected chi connectivity index (χ0v) is 9.47. The summed E-state index contributed by atoms with van der Waals surface area (Å²) in [5, 5.41) is 21.5. The highest BCUT2D eigenvalue weighted by Crippen LogP contribution is 2.29. The van der Waals surface area contributed by atoms with Crippen LogP contribution in [0.1, 0.15) is 29.6 Å². The van der Waals surface area contributed by atoms with Crippen molar-refractivity contribution < 1.29 is 15.0 Å². The predicted octanol–water partition coefficient (Wildman–Crippen LogP) is 1.35. The van der Waals surface area contributed by atoms with Crippen LogP contribution in [0.15, 0.2) is 18.5 Å². The Kier molecular flexibility index (Phi) is 3.58. The van der Waals surface area contributed by atoms with Crippen molar-refractivity contribution in [1.82, 2.24) is 4.98 Å². The van der Waals surface area contributed by atoms with Crippen molar-refractivity contribution in [2.75, 3.05) is 11.9 Å². The van der Waals surface area contributed by atoms with E-state index >= 15 is 0 Å². The third kappa shape index (κ3) is 2.55. The van der Waals surface area contributed by atoms with Crippen molar-refractivity contribution in [3.8, 4) is 0 Å². The lowest BCUT2D eigenvalue weighted by Crippen LogP contribution is -2.27. The number of aliphatic hydroxyl groups is 1. The maximum absolute atomic E-state index is 11.0. The molecule has 1 aliphatic carbocycles. The summed E-state index contributed by atoms with van der Waals surface area (Å²) in [7, 11) is 0. The van der Waals surface area contributed by atoms with E-state index in [1.165, 1.54) is 6.20 Å². The Balaban J connectivity index is 2.15. The quantitative estimate of drug-likeness (QED) is 0.735. The van der Waals surface area contributed by atoms with Crippen LogP contribution in [-0.4, -0.2) is 33.8 Å². The van der Waals surface area contributed by atoms with E-state index in [9.17, 15) is 9.90 Å². The normalized spacial score (nSPS) is 23.6. The second-order valence-electron chi connectivity index (χ2n) is 4.35. The van der Waals surface area contributed by atoms with Crippen molar-refractivity contribution >= 4 is 11.7 Å². The molecule has 0 aromatic carbocycles. The second-order valence-corrected chi connectivity index (χ2v) is 4.35. The topological polar surface area (TPSA) is 82.5 Å². The minimum atomic E-state index is -0.987. The number of nitrogens with one attached hydrogen (secondary N) is 1. The van der Waals surface area contributed by atoms with Crippen molar-refractivity contribution in [3.63, 3.8) is 0 Å². The average Bonchev–Trinajstić information content (AvgIpc) is 2.77. The molecule has 3 N–H and O–H groups in total. The maximum atomic E-state index is 11.0. The molecule has 2 unspecified atom stereocenters. The van der Waals surface area contributed by atoms with Gasteiger partial charge in [-0.1, -0.05) is 6.42 Å². The number of hydrogen-bond donors (Lipinski definition) is 3. The van der Waals surface area contributed by atoms with E-state index in [0.717, 1.165) is 19.3 Å². The van der Waals surface area contributed by atoms with Gasteiger partial charge in [-0.15, -0.1) is 0 Å². The summed E-state index contributed by atoms with van der Waals surface area (Å²) in [6.45, 7) is 0.144. The number of rotatable bonds is 4. The van der Waals surface area contributed by atoms with Crippen LogP contribution in [0.2, 0.25) is 0 Å². The predicted molar refractivity (Wildman–Crippen MR) is 63.0 cm³/mol. The summed E-state index contributed by atoms with van der Waals surface area (Å²) < 4.78 is 0. The molecule has 0 radical (unpaired) electrons. The first-order valence-corrected chi connectivity index (χ1v) is 5.77. The first kappa shape index (κ1) is 11.9. The molecule has 1 fully saturated rings. The second kappa shape index (κ2) is 5.14. The summed E-state index contributed by atoms with van der Waals surface area (Å²) in [5.74, 6) is -0.774. The number of carboxylic acids is 1. The number of aliphatic hydroxyl groups excluding tert-OH is 1. The third-order valence-corrected chi connectivity index (χ3v) is 3.29. The van der Waals surface area contributed by atoms with E-state index in [1.807, 2.05) is 0 Å². The van der Waals surface area contributed by atoms with Crippen LogP contribution >= 0.6 is 0 Å². The summed E-state index contributed by atoms with van der Waals surface area (Å²) in [5.41, 5.74) is 0.758. The molecule has 0 spiro atoms. The minimum absolute atomic E-state index is 0.144. The van der Waals surface area contributed by atoms with Crippen molar-refractivity contribution in [2.45, 2.75) is 25.3 Å². The lowest BCUT2D eigenvalue weighted by atomic mass is 10.0. The van der Waals surface area contributed by atoms with E-state index < -0.39 is 5.97 Å². The standard InChI is InChI=1S/C12H16N2O3/c15-7-8-2-1-3-10(8)14-11-4-5-13-6-9(11)12(16)17/h4-6,8,10,15H,1-3,7H2,(H,13,14)(H,16,17). The number of nitrogens with zero attached hydrogens (tertiary/aromatic N) is 1. The molecule has 0 aliphatic heterocycles. The molecule has 0 amide bonds. The van der Waals surface area contributed by atoms with Gasteiger partial charge in [0.2, 0.25) is 0 Å². The number of aromatic carboxylic acids is 1. The minimum Gasteiger partial charge on any atom is -0.478 e. The van der Waals surface area contributed by atoms with Crippen LogP contribution in [-0.2, 0) is 0 Å². The monoisotopic (exact) mass is 236 g/mol. The van der Waals surface area contributed by atoms with Crippen molar-refractivity contribution in [1.29, 1.82) is 0 Å². The molecule has 2 rings (SSSR count). The van der Waals surface area contributed by atoms with Gasteiger partial charge in [0.05, 0.1) is 5.69 Å². The largest absolute Gasteiger partial charge is 0.478 e. The SMILES string of the molecule is O=C(O)c1cnccc1NC1CCCC1CO. The molecule has 2 atom stereocenters. The van der Waals surface area contributed by atoms with Crippen LogP contribution in [0.5, 0.6) is 0 Å². The van der Waals surface area contributed by atoms with Gasteiger partial charge in [-0.05, 0) is 18.9 Å². The van der Waals surface area contributed by atoms with Gasteiger partial charge >= 0.3 is 5.97 Å². The Morgan fingerprint density at radius 2 is 2.35 bits per heavy atom. The van der Waals surface area contributed by atoms with E-state index in [1.54, 1.807) is 12.3 Å². The van der Waals surface area contributed by atoms with Gasteiger partial charge in [-0.25, -0.2) is 4.79 Å². The van der Waals surface area contributed by atoms with Crippen LogP contribution in [0.25, 0.3) is 0 Å². The number of hydrogen-bond acceptors (Lipinski definition) is 4. The van der Waals surface area contributed by atoms with Crippen LogP contribution in [0.4, 0.5) is 5.69 Å². The number of carbonyl (C=O) groups is 1. The van der Waals surface area contributed by atoms with Gasteiger partial charge in [0.1, 0.15) is 5.56 Å². The Bertz CT molecular complexity index is 408. The van der Waals surface area contributed by atoms with E-state index in [2.05, 4.69) is 10.3 Å². The molecule has 1 aromatic rings. The molecule has 92 valence electrons. The fourth-order valence-electron chi connectivity index (χ4n) is 2.34. The maximum Gasteiger partial charge on any atom is 0.339 e. The Labute approximate surface area is 99.5 Å². The zero-order valence-electron chi connectivity index (χ0n) is 9.47. The Morgan fingerprint density at radius 3 is 3.06 bits per heavy atom. The summed E-state index contributed by atoms with van der Waals surface area (Å²) in [6.07, 6.45) is 5.93. The first-order chi connectivity index (χ1) is 8.22. The van der Waals surface area contributed by atoms with E-state index in [0.29, 0.717) is 5.69 Å². The smallest absolute Gasteiger partial charge is 0.339 e. The Hall–Kier alpha value is -1.62. The van der Waals surface area contributed by atoms with Crippen molar-refractivity contribution in [2.24, 2.45) is 5.92 Å². The van der Waals surface area contributed by atoms with Gasteiger partial charge < -0.3 is 15.5 Å². The highest BCUT2D eigenvalue weighted by atomic mass is 16.4. The molecule has 17 heavy (non-hydrogen) atoms. The molecule has 0 bridgehead atoms. The summed E-state index contributed by atoms with van der Waals surface area (Å²) >= 11 is 0. The number of aromatic nitrogens is 1. The Morgan fingerprint density at radius 1 is 1.53 bits per heavy atom. The molecule has 5 heteroatoms. The third-order valence-electron chi connectivity index (χ3n) is 3.29. The molecule has 1 aliphatic rings. The van der Waals surface area contributed by atoms with Gasteiger partial charge in [-0.2, -0.15) is 0 Å². The first-order valence-electron chi connectivity index (χ1n) is 5.77. The molecular weight excluding hydrogens is 220 g/mol. The van der Waals surface area contributed by atoms with Gasteiger partial charge in [-0.3, -0.25) is 4.98 Å². The average molecular weight is 236 g/mol. The fourth-order valence-corrected chi connectivity index (χ4v) is 2.34. The summed E-state index contributed by atoms with van der Waals surface area (Å²) in [4.78, 5) is 14.8. The van der Waals surface area contributed by atoms with Crippen LogP contribution < -0.4 is 5.32 Å². The molecule has 0 saturated heterocycles. The lowest BCUT2D eigenvalue weighted by molar-refractivity contribution is 0.0697. The molecule has 1 saturated carbocycles. The highest BCUT2D eigenvalue weighted by molar-refractivity contribution is 5.93. The highest BCUT2D eigenvalue weighted by Gasteiger charge is 2.27. The van der Waals surface area contributed by atoms with Crippen molar-refractivity contribution in [3.05, 3.63) is 24.0 Å². The van der Waals surface area contributed by atoms with Crippen LogP contribution in [0, 0.1) is 5.92 Å². The molecular formula is C12H16N2O3. The fraction of sp³-hybridized carbons (Fsp3) is 0.500. The van der Waals surface area contributed by atoms with Crippen LogP contribution in [0.3, 0.4) is 0 Å². The van der Waals surface area contributed by atoms with E-state index in [-0.39, 0.29) is 24.1 Å². The van der Waals surface area contributed by atoms with Gasteiger partial charge in [0.15, 0.2) is 0 Å². The van der Waals surface area contributed by atoms with Gasteiger partial charge in [0.25, 0.3) is 0 Å². The zero-order chi connectivity index (χ0) is 12.3. The molecule has 5 nitrogen and oxygen atoms in total. The molecule has 1 aromatic heterocycles. The number of anilines is 1. The number of pyridine rings is 1. The van der Waals surface area contributed by atoms with E-state index in [4.69, 9.17) is 5.11 Å². The molecule has 1 heterocycles. The number of carboxylic acid groups (broad SMARTS) is 1. The van der Waals surface area contributed by atoms with Gasteiger partial charge in [0, 0.05) is 31.0 Å². The lowest BCUT2D eigenvalue weighted by Gasteiger charge is -2.21. The summed E-state index contributed by atoms with van der Waals surface area (Å²) in [6, 6.07) is 1.82.